The fourth-order valence-corrected chi connectivity index (χ4v) is 1.44. The molecule has 1 saturated heterocycles. The summed E-state index contributed by atoms with van der Waals surface area (Å²) >= 11 is 0. The van der Waals surface area contributed by atoms with Crippen molar-refractivity contribution >= 4 is 0 Å². The first kappa shape index (κ1) is 9.96. The van der Waals surface area contributed by atoms with E-state index in [2.05, 4.69) is 24.3 Å². The Balaban J connectivity index is 1.98. The first-order valence-electron chi connectivity index (χ1n) is 4.76. The highest BCUT2D eigenvalue weighted by molar-refractivity contribution is 4.67. The van der Waals surface area contributed by atoms with Crippen LogP contribution in [0.3, 0.4) is 0 Å². The van der Waals surface area contributed by atoms with E-state index in [4.69, 9.17) is 4.74 Å². The third kappa shape index (κ3) is 4.04. The van der Waals surface area contributed by atoms with Gasteiger partial charge in [-0.25, -0.2) is 0 Å². The molecule has 0 unspecified atom stereocenters. The minimum absolute atomic E-state index is 0.457. The summed E-state index contributed by atoms with van der Waals surface area (Å²) in [6.45, 7) is 4.10. The van der Waals surface area contributed by atoms with E-state index in [9.17, 15) is 0 Å². The fraction of sp³-hybridized carbons (Fsp3) is 1.00. The molecule has 3 heteroatoms. The van der Waals surface area contributed by atoms with Gasteiger partial charge in [-0.05, 0) is 33.5 Å². The lowest BCUT2D eigenvalue weighted by atomic mass is 10.2. The second-order valence-electron chi connectivity index (χ2n) is 3.64. The van der Waals surface area contributed by atoms with E-state index in [0.29, 0.717) is 6.10 Å². The van der Waals surface area contributed by atoms with E-state index in [-0.39, 0.29) is 0 Å². The summed E-state index contributed by atoms with van der Waals surface area (Å²) in [5.74, 6) is 0. The van der Waals surface area contributed by atoms with Crippen LogP contribution >= 0.6 is 0 Å². The molecule has 0 aromatic rings. The molecule has 0 amide bonds. The molecule has 0 aromatic heterocycles. The maximum atomic E-state index is 5.58. The Hall–Kier alpha value is -0.120. The number of hydrogen-bond donors (Lipinski definition) is 1. The second-order valence-corrected chi connectivity index (χ2v) is 3.64. The summed E-state index contributed by atoms with van der Waals surface area (Å²) in [4.78, 5) is 2.22. The molecule has 1 atom stereocenters. The molecular weight excluding hydrogens is 152 g/mol. The molecule has 0 spiro atoms. The van der Waals surface area contributed by atoms with Gasteiger partial charge >= 0.3 is 0 Å². The summed E-state index contributed by atoms with van der Waals surface area (Å²) < 4.78 is 5.58. The Bertz CT molecular complexity index is 111. The smallest absolute Gasteiger partial charge is 0.0700 e. The molecular formula is C9H20N2O. The van der Waals surface area contributed by atoms with E-state index < -0.39 is 0 Å². The molecule has 1 N–H and O–H groups in total. The minimum atomic E-state index is 0.457. The van der Waals surface area contributed by atoms with Gasteiger partial charge in [-0.1, -0.05) is 0 Å². The lowest BCUT2D eigenvalue weighted by molar-refractivity contribution is 0.0215. The van der Waals surface area contributed by atoms with Crippen LogP contribution in [-0.4, -0.2) is 51.3 Å². The van der Waals surface area contributed by atoms with Crippen molar-refractivity contribution in [2.75, 3.05) is 40.3 Å². The molecule has 1 aliphatic rings. The average Bonchev–Trinajstić information content (AvgIpc) is 2.05. The van der Waals surface area contributed by atoms with Gasteiger partial charge in [-0.15, -0.1) is 0 Å². The molecule has 0 aliphatic carbocycles. The van der Waals surface area contributed by atoms with Crippen molar-refractivity contribution in [1.29, 1.82) is 0 Å². The normalized spacial score (nSPS) is 24.8. The molecule has 3 nitrogen and oxygen atoms in total. The van der Waals surface area contributed by atoms with Crippen molar-refractivity contribution in [2.24, 2.45) is 0 Å². The van der Waals surface area contributed by atoms with Gasteiger partial charge < -0.3 is 15.0 Å². The Morgan fingerprint density at radius 3 is 2.92 bits per heavy atom. The van der Waals surface area contributed by atoms with Gasteiger partial charge in [0.2, 0.25) is 0 Å². The molecule has 72 valence electrons. The summed E-state index contributed by atoms with van der Waals surface area (Å²) in [5, 5.41) is 3.33. The second kappa shape index (κ2) is 5.51. The molecule has 0 aromatic carbocycles. The van der Waals surface area contributed by atoms with Crippen LogP contribution in [0, 0.1) is 0 Å². The van der Waals surface area contributed by atoms with Crippen LogP contribution in [0.4, 0.5) is 0 Å². The molecule has 0 bridgehead atoms. The molecule has 0 saturated carbocycles. The first-order chi connectivity index (χ1) is 5.79. The number of ether oxygens (including phenoxy) is 1. The summed E-state index contributed by atoms with van der Waals surface area (Å²) in [7, 11) is 4.22. The van der Waals surface area contributed by atoms with Crippen LogP contribution in [-0.2, 0) is 4.74 Å². The van der Waals surface area contributed by atoms with E-state index in [1.165, 1.54) is 19.4 Å². The zero-order valence-electron chi connectivity index (χ0n) is 8.18. The van der Waals surface area contributed by atoms with Crippen molar-refractivity contribution in [1.82, 2.24) is 10.2 Å². The van der Waals surface area contributed by atoms with Crippen LogP contribution in [0.15, 0.2) is 0 Å². The lowest BCUT2D eigenvalue weighted by Gasteiger charge is -2.23. The van der Waals surface area contributed by atoms with Crippen molar-refractivity contribution in [3.63, 3.8) is 0 Å². The van der Waals surface area contributed by atoms with Gasteiger partial charge in [0.05, 0.1) is 12.7 Å². The molecule has 1 rings (SSSR count). The molecule has 12 heavy (non-hydrogen) atoms. The Morgan fingerprint density at radius 1 is 1.50 bits per heavy atom. The maximum absolute atomic E-state index is 5.58. The van der Waals surface area contributed by atoms with Crippen LogP contribution in [0.5, 0.6) is 0 Å². The largest absolute Gasteiger partial charge is 0.376 e. The van der Waals surface area contributed by atoms with Crippen molar-refractivity contribution in [2.45, 2.75) is 18.9 Å². The number of hydrogen-bond acceptors (Lipinski definition) is 3. The summed E-state index contributed by atoms with van der Waals surface area (Å²) in [5.41, 5.74) is 0. The SMILES string of the molecule is CN(C)CCC[C@H]1CNCCO1. The number of rotatable bonds is 4. The zero-order valence-corrected chi connectivity index (χ0v) is 8.18. The summed E-state index contributed by atoms with van der Waals surface area (Å²) in [6.07, 6.45) is 2.88. The predicted octanol–water partition coefficient (Wildman–Crippen LogP) is 0.317. The van der Waals surface area contributed by atoms with E-state index in [1.54, 1.807) is 0 Å². The highest BCUT2D eigenvalue weighted by atomic mass is 16.5. The van der Waals surface area contributed by atoms with E-state index in [1.807, 2.05) is 0 Å². The van der Waals surface area contributed by atoms with Crippen LogP contribution < -0.4 is 5.32 Å². The van der Waals surface area contributed by atoms with Gasteiger partial charge in [0.1, 0.15) is 0 Å². The molecule has 1 fully saturated rings. The zero-order chi connectivity index (χ0) is 8.81. The molecule has 0 radical (unpaired) electrons. The van der Waals surface area contributed by atoms with Crippen molar-refractivity contribution in [3.05, 3.63) is 0 Å². The predicted molar refractivity (Wildman–Crippen MR) is 50.4 cm³/mol. The standard InChI is InChI=1S/C9H20N2O/c1-11(2)6-3-4-9-8-10-5-7-12-9/h9-10H,3-8H2,1-2H3/t9-/m0/s1. The van der Waals surface area contributed by atoms with Gasteiger partial charge in [0, 0.05) is 13.1 Å². The van der Waals surface area contributed by atoms with Crippen LogP contribution in [0.1, 0.15) is 12.8 Å². The van der Waals surface area contributed by atoms with Crippen molar-refractivity contribution < 1.29 is 4.74 Å². The number of nitrogens with zero attached hydrogens (tertiary/aromatic N) is 1. The summed E-state index contributed by atoms with van der Waals surface area (Å²) in [6, 6.07) is 0. The third-order valence-electron chi connectivity index (χ3n) is 2.14. The van der Waals surface area contributed by atoms with E-state index in [0.717, 1.165) is 19.7 Å². The number of morpholine rings is 1. The van der Waals surface area contributed by atoms with Gasteiger partial charge in [0.25, 0.3) is 0 Å². The average molecular weight is 172 g/mol. The Kier molecular flexibility index (Phi) is 4.58. The highest BCUT2D eigenvalue weighted by Gasteiger charge is 2.12. The van der Waals surface area contributed by atoms with Crippen LogP contribution in [0.25, 0.3) is 0 Å². The van der Waals surface area contributed by atoms with Crippen molar-refractivity contribution in [3.8, 4) is 0 Å². The molecule has 1 heterocycles. The number of nitrogens with one attached hydrogen (secondary N) is 1. The Morgan fingerprint density at radius 2 is 2.33 bits per heavy atom. The molecule has 1 aliphatic heterocycles. The topological polar surface area (TPSA) is 24.5 Å². The quantitative estimate of drug-likeness (QED) is 0.661. The van der Waals surface area contributed by atoms with E-state index >= 15 is 0 Å². The Labute approximate surface area is 75.1 Å². The highest BCUT2D eigenvalue weighted by Crippen LogP contribution is 2.04. The van der Waals surface area contributed by atoms with Gasteiger partial charge in [-0.3, -0.25) is 0 Å². The monoisotopic (exact) mass is 172 g/mol. The van der Waals surface area contributed by atoms with Gasteiger partial charge in [0.15, 0.2) is 0 Å². The first-order valence-corrected chi connectivity index (χ1v) is 4.76. The van der Waals surface area contributed by atoms with Crippen LogP contribution in [0.2, 0.25) is 0 Å². The fourth-order valence-electron chi connectivity index (χ4n) is 1.44. The minimum Gasteiger partial charge on any atom is -0.376 e. The lowest BCUT2D eigenvalue weighted by Crippen LogP contribution is -2.38. The third-order valence-corrected chi connectivity index (χ3v) is 2.14. The maximum Gasteiger partial charge on any atom is 0.0700 e. The van der Waals surface area contributed by atoms with Gasteiger partial charge in [-0.2, -0.15) is 0 Å².